The Balaban J connectivity index is 1.82. The van der Waals surface area contributed by atoms with Crippen molar-refractivity contribution >= 4 is 16.9 Å². The largest absolute Gasteiger partial charge is 0.336 e. The van der Waals surface area contributed by atoms with Gasteiger partial charge in [-0.05, 0) is 56.5 Å². The number of rotatable bonds is 5. The topological polar surface area (TPSA) is 40.6 Å². The summed E-state index contributed by atoms with van der Waals surface area (Å²) in [5, 5.41) is 0. The zero-order chi connectivity index (χ0) is 18.8. The average Bonchev–Trinajstić information content (AvgIpc) is 2.66. The van der Waals surface area contributed by atoms with Crippen LogP contribution in [0.1, 0.15) is 48.3 Å². The molecule has 2 aromatic carbocycles. The summed E-state index contributed by atoms with van der Waals surface area (Å²) in [5.74, 6) is 0.0737. The highest BCUT2D eigenvalue weighted by molar-refractivity contribution is 7.82. The van der Waals surface area contributed by atoms with Crippen LogP contribution in [0.15, 0.2) is 53.4 Å². The van der Waals surface area contributed by atoms with Crippen molar-refractivity contribution in [2.24, 2.45) is 0 Å². The maximum Gasteiger partial charge on any atom is 0.254 e. The minimum atomic E-state index is -1.28. The van der Waals surface area contributed by atoms with Crippen LogP contribution in [-0.4, -0.2) is 39.0 Å². The molecule has 1 aliphatic rings. The summed E-state index contributed by atoms with van der Waals surface area (Å²) in [6, 6.07) is 15.9. The molecular weight excluding hydrogens is 344 g/mol. The predicted octanol–water partition coefficient (Wildman–Crippen LogP) is 3.81. The lowest BCUT2D eigenvalue weighted by molar-refractivity contribution is 0.0688. The Morgan fingerprint density at radius 2 is 1.77 bits per heavy atom. The van der Waals surface area contributed by atoms with Crippen LogP contribution in [0.25, 0.3) is 0 Å². The Labute approximate surface area is 158 Å². The zero-order valence-corrected chi connectivity index (χ0v) is 16.6. The van der Waals surface area contributed by atoms with Crippen LogP contribution in [-0.2, 0) is 17.4 Å². The van der Waals surface area contributed by atoms with Gasteiger partial charge >= 0.3 is 0 Å². The minimum Gasteiger partial charge on any atom is -0.336 e. The molecule has 138 valence electrons. The third-order valence-corrected chi connectivity index (χ3v) is 6.60. The lowest BCUT2D eigenvalue weighted by atomic mass is 9.98. The van der Waals surface area contributed by atoms with Gasteiger partial charge in [0.05, 0.1) is 4.90 Å². The van der Waals surface area contributed by atoms with E-state index in [4.69, 9.17) is 0 Å². The van der Waals surface area contributed by atoms with E-state index in [0.29, 0.717) is 0 Å². The minimum absolute atomic E-state index is 0.0335. The molecule has 0 aliphatic carbocycles. The fourth-order valence-electron chi connectivity index (χ4n) is 3.34. The third kappa shape index (κ3) is 3.60. The SMILES string of the molecule is CC(C)N1CCc2cc(S(=O)N(C)[C@@H](C)c3ccccc3)ccc2C1=O. The lowest BCUT2D eigenvalue weighted by Crippen LogP contribution is -2.42. The molecular formula is C21H26N2O2S. The maximum atomic E-state index is 13.0. The molecule has 1 amide bonds. The second-order valence-electron chi connectivity index (χ2n) is 7.04. The summed E-state index contributed by atoms with van der Waals surface area (Å²) < 4.78 is 14.9. The second kappa shape index (κ2) is 7.72. The molecule has 0 bridgehead atoms. The first kappa shape index (κ1) is 18.8. The van der Waals surface area contributed by atoms with Gasteiger partial charge in [0.1, 0.15) is 11.0 Å². The summed E-state index contributed by atoms with van der Waals surface area (Å²) in [5.41, 5.74) is 2.87. The lowest BCUT2D eigenvalue weighted by Gasteiger charge is -2.32. The van der Waals surface area contributed by atoms with Gasteiger partial charge in [0.25, 0.3) is 5.91 Å². The molecule has 1 unspecified atom stereocenters. The van der Waals surface area contributed by atoms with Gasteiger partial charge in [-0.25, -0.2) is 8.51 Å². The highest BCUT2D eigenvalue weighted by atomic mass is 32.2. The Kier molecular flexibility index (Phi) is 5.58. The molecule has 0 saturated heterocycles. The molecule has 2 aromatic rings. The van der Waals surface area contributed by atoms with E-state index in [1.807, 2.05) is 78.6 Å². The monoisotopic (exact) mass is 370 g/mol. The van der Waals surface area contributed by atoms with Crippen LogP contribution in [0.2, 0.25) is 0 Å². The first-order valence-corrected chi connectivity index (χ1v) is 10.1. The van der Waals surface area contributed by atoms with Gasteiger partial charge in [-0.15, -0.1) is 0 Å². The summed E-state index contributed by atoms with van der Waals surface area (Å²) in [4.78, 5) is 15.2. The summed E-state index contributed by atoms with van der Waals surface area (Å²) >= 11 is 0. The number of fused-ring (bicyclic) bond motifs is 1. The molecule has 26 heavy (non-hydrogen) atoms. The quantitative estimate of drug-likeness (QED) is 0.803. The van der Waals surface area contributed by atoms with E-state index in [-0.39, 0.29) is 18.0 Å². The second-order valence-corrected chi connectivity index (χ2v) is 8.59. The summed E-state index contributed by atoms with van der Waals surface area (Å²) in [6.07, 6.45) is 0.808. The van der Waals surface area contributed by atoms with Crippen LogP contribution in [0.4, 0.5) is 0 Å². The normalized spacial score (nSPS) is 16.7. The van der Waals surface area contributed by atoms with Crippen molar-refractivity contribution in [2.75, 3.05) is 13.6 Å². The van der Waals surface area contributed by atoms with Crippen molar-refractivity contribution in [2.45, 2.75) is 44.2 Å². The molecule has 2 atom stereocenters. The van der Waals surface area contributed by atoms with E-state index in [2.05, 4.69) is 6.92 Å². The van der Waals surface area contributed by atoms with Crippen molar-refractivity contribution in [1.29, 1.82) is 0 Å². The Hall–Kier alpha value is -1.98. The zero-order valence-electron chi connectivity index (χ0n) is 15.8. The van der Waals surface area contributed by atoms with Crippen LogP contribution in [0, 0.1) is 0 Å². The van der Waals surface area contributed by atoms with Gasteiger partial charge in [0.15, 0.2) is 0 Å². The molecule has 1 aliphatic heterocycles. The molecule has 5 heteroatoms. The first-order valence-electron chi connectivity index (χ1n) is 9.03. The van der Waals surface area contributed by atoms with Gasteiger partial charge < -0.3 is 4.90 Å². The fourth-order valence-corrected chi connectivity index (χ4v) is 4.50. The van der Waals surface area contributed by atoms with Crippen LogP contribution in [0.3, 0.4) is 0 Å². The molecule has 0 radical (unpaired) electrons. The molecule has 3 rings (SSSR count). The molecule has 0 aromatic heterocycles. The average molecular weight is 371 g/mol. The molecule has 0 N–H and O–H groups in total. The summed E-state index contributed by atoms with van der Waals surface area (Å²) in [7, 11) is 0.597. The van der Waals surface area contributed by atoms with E-state index >= 15 is 0 Å². The van der Waals surface area contributed by atoms with Gasteiger partial charge in [-0.3, -0.25) is 4.79 Å². The molecule has 0 fully saturated rings. The number of nitrogens with zero attached hydrogens (tertiary/aromatic N) is 2. The van der Waals surface area contributed by atoms with E-state index in [1.165, 1.54) is 0 Å². The number of benzene rings is 2. The molecule has 1 heterocycles. The van der Waals surface area contributed by atoms with Gasteiger partial charge in [-0.1, -0.05) is 30.3 Å². The highest BCUT2D eigenvalue weighted by Crippen LogP contribution is 2.27. The van der Waals surface area contributed by atoms with Gasteiger partial charge in [-0.2, -0.15) is 0 Å². The van der Waals surface area contributed by atoms with Gasteiger partial charge in [0, 0.05) is 31.2 Å². The third-order valence-electron chi connectivity index (χ3n) is 5.10. The number of carbonyl (C=O) groups is 1. The predicted molar refractivity (Wildman–Crippen MR) is 105 cm³/mol. The molecule has 0 spiro atoms. The number of amides is 1. The number of hydrogen-bond donors (Lipinski definition) is 0. The van der Waals surface area contributed by atoms with Crippen LogP contribution in [0.5, 0.6) is 0 Å². The highest BCUT2D eigenvalue weighted by Gasteiger charge is 2.27. The van der Waals surface area contributed by atoms with Crippen LogP contribution >= 0.6 is 0 Å². The molecule has 4 nitrogen and oxygen atoms in total. The van der Waals surface area contributed by atoms with Crippen molar-refractivity contribution in [3.8, 4) is 0 Å². The number of hydrogen-bond acceptors (Lipinski definition) is 2. The standard InChI is InChI=1S/C21H26N2O2S/c1-15(2)23-13-12-18-14-19(10-11-20(18)21(23)24)26(25)22(4)16(3)17-8-6-5-7-9-17/h5-11,14-16H,12-13H2,1-4H3/t16-,26?/m0/s1. The Morgan fingerprint density at radius 3 is 2.42 bits per heavy atom. The van der Waals surface area contributed by atoms with E-state index in [9.17, 15) is 9.00 Å². The Bertz CT molecular complexity index is 820. The van der Waals surface area contributed by atoms with Crippen molar-refractivity contribution < 1.29 is 9.00 Å². The Morgan fingerprint density at radius 1 is 1.08 bits per heavy atom. The number of carbonyl (C=O) groups excluding carboxylic acids is 1. The van der Waals surface area contributed by atoms with Crippen molar-refractivity contribution in [3.63, 3.8) is 0 Å². The maximum absolute atomic E-state index is 13.0. The summed E-state index contributed by atoms with van der Waals surface area (Å²) in [6.45, 7) is 6.84. The molecule has 0 saturated carbocycles. The van der Waals surface area contributed by atoms with Crippen molar-refractivity contribution in [3.05, 3.63) is 65.2 Å². The van der Waals surface area contributed by atoms with E-state index < -0.39 is 11.0 Å². The first-order chi connectivity index (χ1) is 12.4. The fraction of sp³-hybridized carbons (Fsp3) is 0.381. The van der Waals surface area contributed by atoms with Crippen molar-refractivity contribution in [1.82, 2.24) is 9.21 Å². The van der Waals surface area contributed by atoms with E-state index in [1.54, 1.807) is 0 Å². The smallest absolute Gasteiger partial charge is 0.254 e. The van der Waals surface area contributed by atoms with E-state index in [0.717, 1.165) is 34.6 Å². The van der Waals surface area contributed by atoms with Crippen LogP contribution < -0.4 is 0 Å². The van der Waals surface area contributed by atoms with Gasteiger partial charge in [0.2, 0.25) is 0 Å².